The molecule has 1 N–H and O–H groups in total. The van der Waals surface area contributed by atoms with Crippen LogP contribution in [0.4, 0.5) is 0 Å². The molecule has 12 nitrogen and oxygen atoms in total. The molecule has 0 spiro atoms. The highest BCUT2D eigenvalue weighted by Gasteiger charge is 2.34. The van der Waals surface area contributed by atoms with Crippen molar-refractivity contribution in [3.05, 3.63) is 71.6 Å². The Morgan fingerprint density at radius 1 is 0.886 bits per heavy atom. The Hall–Kier alpha value is -3.29. The summed E-state index contributed by atoms with van der Waals surface area (Å²) in [5.41, 5.74) is -1.75. The Labute approximate surface area is 199 Å². The third kappa shape index (κ3) is 3.98. The number of rotatable bonds is 4. The number of fused-ring (bicyclic) bond motifs is 1. The molecule has 1 aromatic carbocycles. The molecule has 3 aromatic rings. The summed E-state index contributed by atoms with van der Waals surface area (Å²) in [7, 11) is 1.72. The number of benzene rings is 1. The van der Waals surface area contributed by atoms with E-state index < -0.39 is 38.6 Å². The van der Waals surface area contributed by atoms with Crippen LogP contribution in [0.25, 0.3) is 10.9 Å². The maximum absolute atomic E-state index is 13.3. The molecule has 0 aliphatic carbocycles. The van der Waals surface area contributed by atoms with Gasteiger partial charge >= 0.3 is 11.4 Å². The molecular weight excluding hydrogens is 478 g/mol. The highest BCUT2D eigenvalue weighted by molar-refractivity contribution is 7.89. The highest BCUT2D eigenvalue weighted by Crippen LogP contribution is 2.31. The first-order chi connectivity index (χ1) is 16.4. The Kier molecular flexibility index (Phi) is 6.19. The SMILES string of the molecule is Cn1cc(C(O)C2CCN(S(=O)(=O)c3ccc4c(c3)c(=O)n(C)c(=O)n4C)CC2)c(=O)n(C)c1=O. The quantitative estimate of drug-likeness (QED) is 0.467. The van der Waals surface area contributed by atoms with Gasteiger partial charge in [0.15, 0.2) is 0 Å². The van der Waals surface area contributed by atoms with Crippen molar-refractivity contribution >= 4 is 20.9 Å². The summed E-state index contributed by atoms with van der Waals surface area (Å²) < 4.78 is 32.2. The van der Waals surface area contributed by atoms with Gasteiger partial charge < -0.3 is 9.67 Å². The van der Waals surface area contributed by atoms with Gasteiger partial charge in [-0.25, -0.2) is 18.0 Å². The van der Waals surface area contributed by atoms with Crippen molar-refractivity contribution < 1.29 is 13.5 Å². The lowest BCUT2D eigenvalue weighted by atomic mass is 9.89. The lowest BCUT2D eigenvalue weighted by Gasteiger charge is -2.33. The molecule has 1 atom stereocenters. The van der Waals surface area contributed by atoms with Gasteiger partial charge in [-0.05, 0) is 37.0 Å². The van der Waals surface area contributed by atoms with Gasteiger partial charge in [-0.15, -0.1) is 0 Å². The van der Waals surface area contributed by atoms with Crippen LogP contribution in [-0.4, -0.2) is 49.2 Å². The third-order valence-corrected chi connectivity index (χ3v) is 8.71. The number of aryl methyl sites for hydroxylation is 2. The van der Waals surface area contributed by atoms with E-state index in [1.54, 1.807) is 0 Å². The summed E-state index contributed by atoms with van der Waals surface area (Å²) in [6.45, 7) is 0.221. The van der Waals surface area contributed by atoms with E-state index in [1.165, 1.54) is 66.0 Å². The summed E-state index contributed by atoms with van der Waals surface area (Å²) in [5.74, 6) is -0.370. The second-order valence-corrected chi connectivity index (χ2v) is 10.9. The molecule has 1 aliphatic heterocycles. The second-order valence-electron chi connectivity index (χ2n) is 8.91. The van der Waals surface area contributed by atoms with Crippen LogP contribution < -0.4 is 22.5 Å². The molecule has 4 rings (SSSR count). The van der Waals surface area contributed by atoms with Crippen LogP contribution >= 0.6 is 0 Å². The molecule has 0 radical (unpaired) electrons. The van der Waals surface area contributed by atoms with Crippen molar-refractivity contribution in [3.63, 3.8) is 0 Å². The van der Waals surface area contributed by atoms with Crippen molar-refractivity contribution in [3.8, 4) is 0 Å². The Balaban J connectivity index is 1.59. The zero-order valence-electron chi connectivity index (χ0n) is 19.8. The van der Waals surface area contributed by atoms with Crippen LogP contribution in [-0.2, 0) is 38.2 Å². The first-order valence-corrected chi connectivity index (χ1v) is 12.4. The normalized spacial score (nSPS) is 16.6. The summed E-state index contributed by atoms with van der Waals surface area (Å²) >= 11 is 0. The van der Waals surface area contributed by atoms with Gasteiger partial charge in [-0.2, -0.15) is 4.31 Å². The number of piperidine rings is 1. The average Bonchev–Trinajstić information content (AvgIpc) is 2.86. The van der Waals surface area contributed by atoms with Crippen LogP contribution in [0.3, 0.4) is 0 Å². The predicted molar refractivity (Wildman–Crippen MR) is 128 cm³/mol. The highest BCUT2D eigenvalue weighted by atomic mass is 32.2. The largest absolute Gasteiger partial charge is 0.388 e. The summed E-state index contributed by atoms with van der Waals surface area (Å²) in [6.07, 6.45) is 0.781. The monoisotopic (exact) mass is 505 g/mol. The minimum Gasteiger partial charge on any atom is -0.388 e. The number of hydrogen-bond donors (Lipinski definition) is 1. The molecule has 13 heteroatoms. The first kappa shape index (κ1) is 24.8. The second kappa shape index (κ2) is 8.73. The fraction of sp³-hybridized carbons (Fsp3) is 0.455. The third-order valence-electron chi connectivity index (χ3n) is 6.81. The Morgan fingerprint density at radius 3 is 2.11 bits per heavy atom. The molecule has 1 unspecified atom stereocenters. The molecular formula is C22H27N5O7S. The molecule has 2 aromatic heterocycles. The molecule has 1 fully saturated rings. The van der Waals surface area contributed by atoms with Crippen molar-refractivity contribution in [2.75, 3.05) is 13.1 Å². The van der Waals surface area contributed by atoms with Gasteiger partial charge in [0.1, 0.15) is 0 Å². The van der Waals surface area contributed by atoms with Gasteiger partial charge in [0.05, 0.1) is 27.5 Å². The molecule has 1 saturated heterocycles. The molecule has 3 heterocycles. The number of nitrogens with zero attached hydrogens (tertiary/aromatic N) is 5. The molecule has 0 saturated carbocycles. The first-order valence-electron chi connectivity index (χ1n) is 11.0. The van der Waals surface area contributed by atoms with Crippen LogP contribution in [0.15, 0.2) is 48.5 Å². The maximum atomic E-state index is 13.3. The number of aliphatic hydroxyl groups excluding tert-OH is 1. The summed E-state index contributed by atoms with van der Waals surface area (Å²) in [5, 5.41) is 11.0. The van der Waals surface area contributed by atoms with E-state index in [9.17, 15) is 32.7 Å². The van der Waals surface area contributed by atoms with Gasteiger partial charge in [-0.3, -0.25) is 23.3 Å². The van der Waals surface area contributed by atoms with E-state index in [1.807, 2.05) is 0 Å². The topological polar surface area (TPSA) is 146 Å². The van der Waals surface area contributed by atoms with Crippen molar-refractivity contribution in [2.45, 2.75) is 23.8 Å². The number of aromatic nitrogens is 4. The molecule has 1 aliphatic rings. The average molecular weight is 506 g/mol. The molecule has 35 heavy (non-hydrogen) atoms. The lowest BCUT2D eigenvalue weighted by molar-refractivity contribution is 0.0738. The fourth-order valence-corrected chi connectivity index (χ4v) is 6.11. The summed E-state index contributed by atoms with van der Waals surface area (Å²) in [4.78, 5) is 49.0. The molecule has 0 bridgehead atoms. The van der Waals surface area contributed by atoms with Gasteiger partial charge in [0.25, 0.3) is 11.1 Å². The molecule has 0 amide bonds. The maximum Gasteiger partial charge on any atom is 0.330 e. The minimum atomic E-state index is -3.94. The zero-order chi connectivity index (χ0) is 25.8. The summed E-state index contributed by atoms with van der Waals surface area (Å²) in [6, 6.07) is 4.09. The minimum absolute atomic E-state index is 0.0633. The van der Waals surface area contributed by atoms with Crippen molar-refractivity contribution in [1.82, 2.24) is 22.6 Å². The van der Waals surface area contributed by atoms with Gasteiger partial charge in [0.2, 0.25) is 10.0 Å². The van der Waals surface area contributed by atoms with E-state index in [4.69, 9.17) is 0 Å². The van der Waals surface area contributed by atoms with E-state index in [0.29, 0.717) is 18.4 Å². The smallest absolute Gasteiger partial charge is 0.330 e. The van der Waals surface area contributed by atoms with Crippen molar-refractivity contribution in [1.29, 1.82) is 0 Å². The zero-order valence-corrected chi connectivity index (χ0v) is 20.7. The van der Waals surface area contributed by atoms with Crippen LogP contribution in [0.2, 0.25) is 0 Å². The van der Waals surface area contributed by atoms with E-state index in [-0.39, 0.29) is 34.9 Å². The predicted octanol–water partition coefficient (Wildman–Crippen LogP) is -1.23. The van der Waals surface area contributed by atoms with Gasteiger partial charge in [0, 0.05) is 47.5 Å². The number of hydrogen-bond acceptors (Lipinski definition) is 7. The van der Waals surface area contributed by atoms with Crippen LogP contribution in [0.1, 0.15) is 24.5 Å². The molecule has 188 valence electrons. The number of aliphatic hydroxyl groups is 1. The van der Waals surface area contributed by atoms with E-state index >= 15 is 0 Å². The number of sulfonamides is 1. The Bertz CT molecular complexity index is 1670. The van der Waals surface area contributed by atoms with Crippen molar-refractivity contribution in [2.24, 2.45) is 34.1 Å². The standard InChI is InChI=1S/C22H27N5O7S/c1-23-12-16(20(30)25(3)21(23)31)18(28)13-7-9-27(10-8-13)35(33,34)14-5-6-17-15(11-14)19(29)26(4)22(32)24(17)2/h5-6,11-13,18,28H,7-10H2,1-4H3. The van der Waals surface area contributed by atoms with Gasteiger partial charge in [-0.1, -0.05) is 0 Å². The van der Waals surface area contributed by atoms with Crippen LogP contribution in [0.5, 0.6) is 0 Å². The lowest BCUT2D eigenvalue weighted by Crippen LogP contribution is -2.42. The van der Waals surface area contributed by atoms with E-state index in [2.05, 4.69) is 0 Å². The fourth-order valence-electron chi connectivity index (χ4n) is 4.61. The van der Waals surface area contributed by atoms with Crippen LogP contribution in [0, 0.1) is 5.92 Å². The van der Waals surface area contributed by atoms with E-state index in [0.717, 1.165) is 9.13 Å². The Morgan fingerprint density at radius 2 is 1.49 bits per heavy atom.